The van der Waals surface area contributed by atoms with Crippen LogP contribution in [0.5, 0.6) is 0 Å². The lowest BCUT2D eigenvalue weighted by Gasteiger charge is -1.93. The Balaban J connectivity index is 2.04. The van der Waals surface area contributed by atoms with Crippen LogP contribution < -0.4 is 0 Å². The third-order valence-corrected chi connectivity index (χ3v) is 3.48. The van der Waals surface area contributed by atoms with Crippen molar-refractivity contribution in [2.45, 2.75) is 0 Å². The molecule has 0 atom stereocenters. The van der Waals surface area contributed by atoms with Crippen molar-refractivity contribution in [2.24, 2.45) is 0 Å². The van der Waals surface area contributed by atoms with Crippen LogP contribution in [0.1, 0.15) is 9.67 Å². The Morgan fingerprint density at radius 3 is 2.78 bits per heavy atom. The van der Waals surface area contributed by atoms with Gasteiger partial charge in [0.15, 0.2) is 0 Å². The molecule has 0 saturated heterocycles. The number of thiophene rings is 1. The number of hydrogen-bond donors (Lipinski definition) is 0. The van der Waals surface area contributed by atoms with Crippen LogP contribution in [-0.2, 0) is 4.74 Å². The van der Waals surface area contributed by atoms with Gasteiger partial charge in [0, 0.05) is 5.56 Å². The lowest BCUT2D eigenvalue weighted by atomic mass is 10.2. The minimum atomic E-state index is -0.366. The van der Waals surface area contributed by atoms with E-state index in [0.717, 1.165) is 5.56 Å². The van der Waals surface area contributed by atoms with Gasteiger partial charge in [-0.15, -0.1) is 0 Å². The molecule has 18 heavy (non-hydrogen) atoms. The summed E-state index contributed by atoms with van der Waals surface area (Å²) in [5.74, 6) is 0.197. The van der Waals surface area contributed by atoms with Crippen molar-refractivity contribution in [3.05, 3.63) is 41.3 Å². The van der Waals surface area contributed by atoms with Crippen molar-refractivity contribution in [3.63, 3.8) is 0 Å². The highest BCUT2D eigenvalue weighted by molar-refractivity contribution is 7.20. The normalized spacial score (nSPS) is 10.7. The second-order valence-electron chi connectivity index (χ2n) is 3.66. The summed E-state index contributed by atoms with van der Waals surface area (Å²) < 4.78 is 10.3. The first-order valence-electron chi connectivity index (χ1n) is 5.32. The highest BCUT2D eigenvalue weighted by Crippen LogP contribution is 2.30. The molecule has 3 rings (SSSR count). The van der Waals surface area contributed by atoms with E-state index in [1.165, 1.54) is 18.4 Å². The van der Waals surface area contributed by atoms with Gasteiger partial charge in [-0.3, -0.25) is 0 Å². The van der Waals surface area contributed by atoms with E-state index in [4.69, 9.17) is 4.42 Å². The van der Waals surface area contributed by atoms with Crippen molar-refractivity contribution in [2.75, 3.05) is 7.11 Å². The van der Waals surface area contributed by atoms with E-state index in [1.807, 2.05) is 30.3 Å². The minimum absolute atomic E-state index is 0.366. The predicted molar refractivity (Wildman–Crippen MR) is 68.7 cm³/mol. The zero-order valence-electron chi connectivity index (χ0n) is 9.54. The highest BCUT2D eigenvalue weighted by atomic mass is 32.1. The van der Waals surface area contributed by atoms with Crippen molar-refractivity contribution in [1.29, 1.82) is 0 Å². The average molecular weight is 259 g/mol. The summed E-state index contributed by atoms with van der Waals surface area (Å²) in [5.41, 5.74) is 1.60. The number of rotatable bonds is 2. The number of hydrogen-bond acceptors (Lipinski definition) is 5. The Kier molecular flexibility index (Phi) is 2.60. The Morgan fingerprint density at radius 1 is 1.33 bits per heavy atom. The first kappa shape index (κ1) is 11.0. The lowest BCUT2D eigenvalue weighted by molar-refractivity contribution is 0.0606. The monoisotopic (exact) mass is 259 g/mol. The molecule has 4 nitrogen and oxygen atoms in total. The van der Waals surface area contributed by atoms with Crippen LogP contribution in [0.3, 0.4) is 0 Å². The molecule has 0 spiro atoms. The topological polar surface area (TPSA) is 52.3 Å². The molecule has 0 aliphatic heterocycles. The van der Waals surface area contributed by atoms with Gasteiger partial charge in [-0.05, 0) is 18.2 Å². The van der Waals surface area contributed by atoms with Gasteiger partial charge in [0.1, 0.15) is 10.4 Å². The fourth-order valence-corrected chi connectivity index (χ4v) is 2.51. The van der Waals surface area contributed by atoms with E-state index in [9.17, 15) is 4.79 Å². The van der Waals surface area contributed by atoms with Crippen LogP contribution in [0.2, 0.25) is 0 Å². The quantitative estimate of drug-likeness (QED) is 0.662. The summed E-state index contributed by atoms with van der Waals surface area (Å²) in [5, 5.41) is 0. The fraction of sp³-hybridized carbons (Fsp3) is 0.0769. The van der Waals surface area contributed by atoms with E-state index in [1.54, 1.807) is 6.07 Å². The van der Waals surface area contributed by atoms with Gasteiger partial charge in [-0.1, -0.05) is 29.5 Å². The number of nitrogens with zero attached hydrogens (tertiary/aromatic N) is 1. The smallest absolute Gasteiger partial charge is 0.348 e. The molecule has 0 unspecified atom stereocenters. The van der Waals surface area contributed by atoms with E-state index < -0.39 is 0 Å². The molecule has 0 bridgehead atoms. The number of carbonyl (C=O) groups is 1. The number of methoxy groups -OCH3 is 1. The van der Waals surface area contributed by atoms with Crippen molar-refractivity contribution in [1.82, 2.24) is 4.98 Å². The Bertz CT molecular complexity index is 668. The second-order valence-corrected chi connectivity index (χ2v) is 4.67. The molecule has 0 N–H and O–H groups in total. The molecule has 0 aliphatic carbocycles. The van der Waals surface area contributed by atoms with E-state index in [0.29, 0.717) is 21.2 Å². The highest BCUT2D eigenvalue weighted by Gasteiger charge is 2.15. The van der Waals surface area contributed by atoms with Gasteiger partial charge in [0.25, 0.3) is 0 Å². The molecule has 0 amide bonds. The van der Waals surface area contributed by atoms with Gasteiger partial charge in [0.2, 0.25) is 10.8 Å². The maximum Gasteiger partial charge on any atom is 0.348 e. The van der Waals surface area contributed by atoms with Crippen LogP contribution in [0.25, 0.3) is 21.9 Å². The number of carbonyl (C=O) groups excluding carboxylic acids is 1. The third-order valence-electron chi connectivity index (χ3n) is 2.50. The number of oxazole rings is 1. The minimum Gasteiger partial charge on any atom is -0.465 e. The maximum atomic E-state index is 11.4. The molecule has 3 aromatic rings. The van der Waals surface area contributed by atoms with Crippen LogP contribution in [0, 0.1) is 0 Å². The molecule has 2 heterocycles. The zero-order valence-corrected chi connectivity index (χ0v) is 10.4. The van der Waals surface area contributed by atoms with Gasteiger partial charge in [-0.2, -0.15) is 0 Å². The summed E-state index contributed by atoms with van der Waals surface area (Å²) >= 11 is 1.24. The predicted octanol–water partition coefficient (Wildman–Crippen LogP) is 3.34. The van der Waals surface area contributed by atoms with E-state index in [-0.39, 0.29) is 5.97 Å². The second kappa shape index (κ2) is 4.27. The molecule has 0 aliphatic rings. The van der Waals surface area contributed by atoms with Gasteiger partial charge in [0.05, 0.1) is 7.11 Å². The summed E-state index contributed by atoms with van der Waals surface area (Å²) in [4.78, 5) is 16.8. The summed E-state index contributed by atoms with van der Waals surface area (Å²) in [7, 11) is 1.35. The molecule has 1 aromatic carbocycles. The van der Waals surface area contributed by atoms with Crippen molar-refractivity contribution < 1.29 is 13.9 Å². The zero-order chi connectivity index (χ0) is 12.5. The molecule has 90 valence electrons. The number of ether oxygens (including phenoxy) is 1. The number of benzene rings is 1. The van der Waals surface area contributed by atoms with Crippen molar-refractivity contribution in [3.8, 4) is 11.5 Å². The summed E-state index contributed by atoms with van der Waals surface area (Å²) in [6, 6.07) is 11.3. The summed E-state index contributed by atoms with van der Waals surface area (Å²) in [6.45, 7) is 0. The Hall–Kier alpha value is -2.14. The molecular weight excluding hydrogens is 250 g/mol. The molecule has 2 aromatic heterocycles. The van der Waals surface area contributed by atoms with E-state index in [2.05, 4.69) is 9.72 Å². The SMILES string of the molecule is COC(=O)c1cc2nc(-c3ccccc3)oc2s1. The molecular formula is C13H9NO3S. The maximum absolute atomic E-state index is 11.4. The van der Waals surface area contributed by atoms with Gasteiger partial charge >= 0.3 is 5.97 Å². The van der Waals surface area contributed by atoms with Crippen molar-refractivity contribution >= 4 is 27.7 Å². The lowest BCUT2D eigenvalue weighted by Crippen LogP contribution is -1.96. The molecule has 0 radical (unpaired) electrons. The standard InChI is InChI=1S/C13H9NO3S/c1-16-12(15)10-7-9-13(18-10)17-11(14-9)8-5-3-2-4-6-8/h2-7H,1H3. The van der Waals surface area contributed by atoms with E-state index >= 15 is 0 Å². The average Bonchev–Trinajstić information content (AvgIpc) is 2.97. The first-order valence-corrected chi connectivity index (χ1v) is 6.13. The molecule has 0 saturated carbocycles. The fourth-order valence-electron chi connectivity index (χ4n) is 1.64. The van der Waals surface area contributed by atoms with Crippen LogP contribution in [-0.4, -0.2) is 18.1 Å². The first-order chi connectivity index (χ1) is 8.78. The van der Waals surface area contributed by atoms with Gasteiger partial charge in [-0.25, -0.2) is 9.78 Å². The largest absolute Gasteiger partial charge is 0.465 e. The van der Waals surface area contributed by atoms with Crippen LogP contribution in [0.4, 0.5) is 0 Å². The molecule has 0 fully saturated rings. The number of aromatic nitrogens is 1. The Morgan fingerprint density at radius 2 is 2.11 bits per heavy atom. The number of esters is 1. The molecule has 5 heteroatoms. The van der Waals surface area contributed by atoms with Gasteiger partial charge < -0.3 is 9.15 Å². The summed E-state index contributed by atoms with van der Waals surface area (Å²) in [6.07, 6.45) is 0. The number of fused-ring (bicyclic) bond motifs is 1. The Labute approximate surface area is 107 Å². The van der Waals surface area contributed by atoms with Crippen LogP contribution in [0.15, 0.2) is 40.8 Å². The third kappa shape index (κ3) is 1.78. The van der Waals surface area contributed by atoms with Crippen LogP contribution >= 0.6 is 11.3 Å².